The van der Waals surface area contributed by atoms with Gasteiger partial charge in [-0.3, -0.25) is 4.79 Å². The summed E-state index contributed by atoms with van der Waals surface area (Å²) >= 11 is 6.24. The Bertz CT molecular complexity index is 815. The number of hydrogen-bond donors (Lipinski definition) is 2. The summed E-state index contributed by atoms with van der Waals surface area (Å²) in [7, 11) is 0. The predicted molar refractivity (Wildman–Crippen MR) is 94.6 cm³/mol. The third kappa shape index (κ3) is 3.80. The van der Waals surface area contributed by atoms with Crippen molar-refractivity contribution < 1.29 is 23.9 Å². The fourth-order valence-electron chi connectivity index (χ4n) is 2.69. The number of H-pyrrole nitrogens is 1. The highest BCUT2D eigenvalue weighted by Crippen LogP contribution is 2.29. The summed E-state index contributed by atoms with van der Waals surface area (Å²) in [5, 5.41) is 3.37. The number of pyridine rings is 1. The molecule has 0 unspecified atom stereocenters. The zero-order valence-electron chi connectivity index (χ0n) is 14.7. The maximum Gasteiger partial charge on any atom is 0.344 e. The molecule has 26 heavy (non-hydrogen) atoms. The van der Waals surface area contributed by atoms with Crippen LogP contribution in [0, 0.1) is 0 Å². The smallest absolute Gasteiger partial charge is 0.344 e. The summed E-state index contributed by atoms with van der Waals surface area (Å²) in [4.78, 5) is 44.2. The van der Waals surface area contributed by atoms with Crippen LogP contribution in [0.5, 0.6) is 0 Å². The van der Waals surface area contributed by atoms with Gasteiger partial charge in [-0.1, -0.05) is 11.6 Å². The first kappa shape index (κ1) is 19.7. The Hall–Kier alpha value is -2.61. The molecule has 2 heterocycles. The van der Waals surface area contributed by atoms with Crippen LogP contribution in [0.1, 0.15) is 26.3 Å². The van der Waals surface area contributed by atoms with E-state index in [2.05, 4.69) is 15.3 Å². The Kier molecular flexibility index (Phi) is 6.20. The van der Waals surface area contributed by atoms with E-state index in [1.54, 1.807) is 26.1 Å². The van der Waals surface area contributed by atoms with Gasteiger partial charge in [-0.2, -0.15) is 0 Å². The number of esters is 2. The number of ether oxygens (including phenoxy) is 2. The quantitative estimate of drug-likeness (QED) is 0.558. The number of carbonyl (C=O) groups is 3. The van der Waals surface area contributed by atoms with Crippen molar-refractivity contribution in [3.8, 4) is 0 Å². The van der Waals surface area contributed by atoms with E-state index in [-0.39, 0.29) is 19.6 Å². The van der Waals surface area contributed by atoms with E-state index in [1.807, 2.05) is 0 Å². The van der Waals surface area contributed by atoms with Crippen LogP contribution in [0.4, 0.5) is 0 Å². The molecule has 0 bridgehead atoms. The Balaban J connectivity index is 2.58. The Labute approximate surface area is 155 Å². The van der Waals surface area contributed by atoms with Crippen LogP contribution in [0.25, 0.3) is 11.0 Å². The van der Waals surface area contributed by atoms with Crippen molar-refractivity contribution in [2.45, 2.75) is 32.7 Å². The van der Waals surface area contributed by atoms with Gasteiger partial charge < -0.3 is 19.8 Å². The van der Waals surface area contributed by atoms with Crippen LogP contribution in [0.2, 0.25) is 5.02 Å². The SMILES string of the molecule is CCOC(=O)C(Cc1c[nH]c2nccc(Cl)c12)(NC(C)=O)C(=O)OCC. The van der Waals surface area contributed by atoms with Gasteiger partial charge in [0, 0.05) is 31.1 Å². The summed E-state index contributed by atoms with van der Waals surface area (Å²) in [6.45, 7) is 4.49. The molecule has 0 aliphatic rings. The molecule has 0 aliphatic carbocycles. The minimum absolute atomic E-state index is 0.0375. The average molecular weight is 382 g/mol. The number of aromatic nitrogens is 2. The number of carbonyl (C=O) groups excluding carboxylic acids is 3. The minimum atomic E-state index is -2.02. The third-order valence-corrected chi connectivity index (χ3v) is 4.01. The Morgan fingerprint density at radius 2 is 1.85 bits per heavy atom. The van der Waals surface area contributed by atoms with Gasteiger partial charge in [0.1, 0.15) is 5.65 Å². The van der Waals surface area contributed by atoms with Crippen LogP contribution < -0.4 is 5.32 Å². The second-order valence-electron chi connectivity index (χ2n) is 5.53. The number of amides is 1. The molecule has 0 aromatic carbocycles. The number of fused-ring (bicyclic) bond motifs is 1. The lowest BCUT2D eigenvalue weighted by Crippen LogP contribution is -2.62. The number of halogens is 1. The molecule has 2 rings (SSSR count). The highest BCUT2D eigenvalue weighted by atomic mass is 35.5. The summed E-state index contributed by atoms with van der Waals surface area (Å²) < 4.78 is 10.1. The minimum Gasteiger partial charge on any atom is -0.464 e. The molecule has 140 valence electrons. The van der Waals surface area contributed by atoms with E-state index in [1.165, 1.54) is 13.1 Å². The molecule has 0 atom stereocenters. The van der Waals surface area contributed by atoms with Gasteiger partial charge in [-0.05, 0) is 25.5 Å². The van der Waals surface area contributed by atoms with Crippen LogP contribution in [0.3, 0.4) is 0 Å². The molecule has 1 amide bonds. The molecule has 2 aromatic rings. The molecule has 0 fully saturated rings. The van der Waals surface area contributed by atoms with E-state index < -0.39 is 23.4 Å². The topological polar surface area (TPSA) is 110 Å². The fourth-order valence-corrected chi connectivity index (χ4v) is 2.96. The molecule has 0 spiro atoms. The van der Waals surface area contributed by atoms with Crippen molar-refractivity contribution in [3.63, 3.8) is 0 Å². The standard InChI is InChI=1S/C17H20ClN3O5/c1-4-25-15(23)17(21-10(3)22,16(24)26-5-2)8-11-9-20-14-13(11)12(18)6-7-19-14/h6-7,9H,4-5,8H2,1-3H3,(H,19,20)(H,21,22). The number of hydrogen-bond acceptors (Lipinski definition) is 6. The van der Waals surface area contributed by atoms with Gasteiger partial charge >= 0.3 is 11.9 Å². The fraction of sp³-hybridized carbons (Fsp3) is 0.412. The zero-order chi connectivity index (χ0) is 19.3. The Morgan fingerprint density at radius 3 is 2.38 bits per heavy atom. The molecule has 8 nitrogen and oxygen atoms in total. The molecule has 0 saturated carbocycles. The van der Waals surface area contributed by atoms with Crippen molar-refractivity contribution in [1.29, 1.82) is 0 Å². The van der Waals surface area contributed by atoms with Crippen molar-refractivity contribution >= 4 is 40.5 Å². The summed E-state index contributed by atoms with van der Waals surface area (Å²) in [5.41, 5.74) is -1.00. The lowest BCUT2D eigenvalue weighted by Gasteiger charge is -2.29. The highest BCUT2D eigenvalue weighted by Gasteiger charge is 2.50. The molecule has 0 saturated heterocycles. The van der Waals surface area contributed by atoms with Crippen molar-refractivity contribution in [2.24, 2.45) is 0 Å². The maximum atomic E-state index is 12.7. The van der Waals surface area contributed by atoms with Crippen LogP contribution >= 0.6 is 11.6 Å². The number of aromatic amines is 1. The first-order chi connectivity index (χ1) is 12.4. The first-order valence-electron chi connectivity index (χ1n) is 8.09. The Morgan fingerprint density at radius 1 is 1.23 bits per heavy atom. The lowest BCUT2D eigenvalue weighted by molar-refractivity contribution is -0.167. The van der Waals surface area contributed by atoms with E-state index in [0.29, 0.717) is 21.6 Å². The summed E-state index contributed by atoms with van der Waals surface area (Å²) in [5.74, 6) is -2.37. The molecular formula is C17H20ClN3O5. The van der Waals surface area contributed by atoms with Gasteiger partial charge in [-0.15, -0.1) is 0 Å². The first-order valence-corrected chi connectivity index (χ1v) is 8.47. The molecule has 0 aliphatic heterocycles. The van der Waals surface area contributed by atoms with E-state index in [9.17, 15) is 14.4 Å². The summed E-state index contributed by atoms with van der Waals surface area (Å²) in [6, 6.07) is 1.59. The molecule has 9 heteroatoms. The predicted octanol–water partition coefficient (Wildman–Crippen LogP) is 1.76. The van der Waals surface area contributed by atoms with Gasteiger partial charge in [0.2, 0.25) is 11.4 Å². The molecule has 2 N–H and O–H groups in total. The normalized spacial score (nSPS) is 11.2. The van der Waals surface area contributed by atoms with Gasteiger partial charge in [0.25, 0.3) is 0 Å². The number of rotatable bonds is 7. The van der Waals surface area contributed by atoms with E-state index >= 15 is 0 Å². The van der Waals surface area contributed by atoms with Crippen molar-refractivity contribution in [1.82, 2.24) is 15.3 Å². The van der Waals surface area contributed by atoms with Crippen LogP contribution in [-0.2, 0) is 30.3 Å². The molecular weight excluding hydrogens is 362 g/mol. The van der Waals surface area contributed by atoms with Gasteiger partial charge in [-0.25, -0.2) is 14.6 Å². The third-order valence-electron chi connectivity index (χ3n) is 3.70. The molecule has 2 aromatic heterocycles. The number of nitrogens with zero attached hydrogens (tertiary/aromatic N) is 1. The largest absolute Gasteiger partial charge is 0.464 e. The average Bonchev–Trinajstić information content (AvgIpc) is 2.98. The zero-order valence-corrected chi connectivity index (χ0v) is 15.5. The van der Waals surface area contributed by atoms with Crippen molar-refractivity contribution in [3.05, 3.63) is 29.0 Å². The summed E-state index contributed by atoms with van der Waals surface area (Å²) in [6.07, 6.45) is 2.91. The number of nitrogens with one attached hydrogen (secondary N) is 2. The van der Waals surface area contributed by atoms with Gasteiger partial charge in [0.05, 0.1) is 18.2 Å². The maximum absolute atomic E-state index is 12.7. The monoisotopic (exact) mass is 381 g/mol. The van der Waals surface area contributed by atoms with Crippen LogP contribution in [-0.4, -0.2) is 46.6 Å². The lowest BCUT2D eigenvalue weighted by atomic mass is 9.90. The van der Waals surface area contributed by atoms with Crippen LogP contribution in [0.15, 0.2) is 18.5 Å². The highest BCUT2D eigenvalue weighted by molar-refractivity contribution is 6.35. The second kappa shape index (κ2) is 8.18. The van der Waals surface area contributed by atoms with Crippen molar-refractivity contribution in [2.75, 3.05) is 13.2 Å². The molecule has 0 radical (unpaired) electrons. The van der Waals surface area contributed by atoms with E-state index in [4.69, 9.17) is 21.1 Å². The van der Waals surface area contributed by atoms with Gasteiger partial charge in [0.15, 0.2) is 0 Å². The second-order valence-corrected chi connectivity index (χ2v) is 5.94. The van der Waals surface area contributed by atoms with E-state index in [0.717, 1.165) is 0 Å².